The molecule has 0 saturated carbocycles. The second-order valence-electron chi connectivity index (χ2n) is 8.02. The summed E-state index contributed by atoms with van der Waals surface area (Å²) in [5.41, 5.74) is 17.1. The van der Waals surface area contributed by atoms with Crippen LogP contribution >= 0.6 is 0 Å². The third-order valence-corrected chi connectivity index (χ3v) is 4.64. The van der Waals surface area contributed by atoms with Gasteiger partial charge in [0.05, 0.1) is 6.04 Å². The first-order valence-electron chi connectivity index (χ1n) is 10.4. The molecule has 0 unspecified atom stereocenters. The maximum atomic E-state index is 12.9. The van der Waals surface area contributed by atoms with Crippen LogP contribution in [0, 0.1) is 5.92 Å². The molecule has 10 N–H and O–H groups in total. The van der Waals surface area contributed by atoms with E-state index in [4.69, 9.17) is 17.2 Å². The minimum Gasteiger partial charge on any atom is -0.508 e. The molecule has 11 heteroatoms. The largest absolute Gasteiger partial charge is 0.508 e. The number of aliphatic imine (C=N–C) groups is 1. The Hall–Kier alpha value is -3.34. The van der Waals surface area contributed by atoms with Crippen molar-refractivity contribution < 1.29 is 24.6 Å². The highest BCUT2D eigenvalue weighted by atomic mass is 16.4. The van der Waals surface area contributed by atoms with Gasteiger partial charge in [-0.1, -0.05) is 26.0 Å². The first-order chi connectivity index (χ1) is 15.0. The van der Waals surface area contributed by atoms with Crippen LogP contribution in [0.15, 0.2) is 29.3 Å². The molecule has 0 aliphatic carbocycles. The summed E-state index contributed by atoms with van der Waals surface area (Å²) >= 11 is 0. The van der Waals surface area contributed by atoms with Gasteiger partial charge in [0.2, 0.25) is 11.8 Å². The lowest BCUT2D eigenvalue weighted by molar-refractivity contribution is -0.142. The molecule has 0 heterocycles. The summed E-state index contributed by atoms with van der Waals surface area (Å²) in [6.07, 6.45) is 1.09. The van der Waals surface area contributed by atoms with E-state index in [9.17, 15) is 24.6 Å². The summed E-state index contributed by atoms with van der Waals surface area (Å²) in [5.74, 6) is -2.29. The van der Waals surface area contributed by atoms with Crippen LogP contribution in [0.2, 0.25) is 0 Å². The quantitative estimate of drug-likeness (QED) is 0.117. The molecule has 0 aliphatic rings. The zero-order chi connectivity index (χ0) is 24.3. The molecule has 2 amide bonds. The van der Waals surface area contributed by atoms with Crippen LogP contribution < -0.4 is 27.8 Å². The molecule has 0 fully saturated rings. The lowest BCUT2D eigenvalue weighted by Gasteiger charge is -2.23. The van der Waals surface area contributed by atoms with E-state index in [1.807, 2.05) is 13.8 Å². The second kappa shape index (κ2) is 13.2. The minimum absolute atomic E-state index is 0.0418. The summed E-state index contributed by atoms with van der Waals surface area (Å²) < 4.78 is 0. The SMILES string of the molecule is CC(C)C[C@H](NC(=O)[C@H](Cc1ccc(O)cc1)NC(=O)[C@@H](N)CCCN=C(N)N)C(=O)O. The van der Waals surface area contributed by atoms with E-state index in [-0.39, 0.29) is 30.5 Å². The number of hydrogen-bond donors (Lipinski definition) is 7. The molecule has 3 atom stereocenters. The summed E-state index contributed by atoms with van der Waals surface area (Å²) in [6, 6.07) is 3.10. The topological polar surface area (TPSA) is 206 Å². The van der Waals surface area contributed by atoms with Gasteiger partial charge in [0.1, 0.15) is 17.8 Å². The van der Waals surface area contributed by atoms with Gasteiger partial charge in [-0.05, 0) is 42.9 Å². The Labute approximate surface area is 187 Å². The molecule has 0 aliphatic heterocycles. The number of phenols is 1. The Kier molecular flexibility index (Phi) is 11.0. The lowest BCUT2D eigenvalue weighted by Crippen LogP contribution is -2.55. The molecule has 11 nitrogen and oxygen atoms in total. The first-order valence-corrected chi connectivity index (χ1v) is 10.4. The van der Waals surface area contributed by atoms with Crippen molar-refractivity contribution in [3.63, 3.8) is 0 Å². The van der Waals surface area contributed by atoms with Gasteiger partial charge < -0.3 is 38.0 Å². The van der Waals surface area contributed by atoms with Gasteiger partial charge >= 0.3 is 5.97 Å². The van der Waals surface area contributed by atoms with E-state index < -0.39 is 35.9 Å². The molecule has 1 aromatic rings. The molecule has 0 aromatic heterocycles. The summed E-state index contributed by atoms with van der Waals surface area (Å²) in [6.45, 7) is 4.01. The zero-order valence-electron chi connectivity index (χ0n) is 18.5. The molecular weight excluding hydrogens is 416 g/mol. The maximum absolute atomic E-state index is 12.9. The average Bonchev–Trinajstić information content (AvgIpc) is 2.70. The fourth-order valence-corrected chi connectivity index (χ4v) is 2.97. The molecule has 0 spiro atoms. The second-order valence-corrected chi connectivity index (χ2v) is 8.02. The number of nitrogens with one attached hydrogen (secondary N) is 2. The number of rotatable bonds is 13. The predicted octanol–water partition coefficient (Wildman–Crippen LogP) is -0.584. The lowest BCUT2D eigenvalue weighted by atomic mass is 10.0. The summed E-state index contributed by atoms with van der Waals surface area (Å²) in [4.78, 5) is 40.8. The van der Waals surface area contributed by atoms with Crippen LogP contribution in [-0.4, -0.2) is 58.6 Å². The number of nitrogens with zero attached hydrogens (tertiary/aromatic N) is 1. The number of phenolic OH excluding ortho intramolecular Hbond substituents is 1. The third-order valence-electron chi connectivity index (χ3n) is 4.64. The Morgan fingerprint density at radius 2 is 1.62 bits per heavy atom. The summed E-state index contributed by atoms with van der Waals surface area (Å²) in [7, 11) is 0. The number of nitrogens with two attached hydrogens (primary N) is 3. The van der Waals surface area contributed by atoms with Crippen LogP contribution in [0.1, 0.15) is 38.7 Å². The van der Waals surface area contributed by atoms with E-state index in [1.165, 1.54) is 12.1 Å². The van der Waals surface area contributed by atoms with Crippen LogP contribution in [0.3, 0.4) is 0 Å². The molecule has 0 radical (unpaired) electrons. The third kappa shape index (κ3) is 10.1. The standard InChI is InChI=1S/C21H34N6O5/c1-12(2)10-17(20(31)32)27-19(30)16(11-13-5-7-14(28)8-6-13)26-18(29)15(22)4-3-9-25-21(23)24/h5-8,12,15-17,28H,3-4,9-11,22H2,1-2H3,(H,26,29)(H,27,30)(H,31,32)(H4,23,24,25)/t15-,16-,17-/m0/s1. The normalized spacial score (nSPS) is 13.6. The fraction of sp³-hybridized carbons (Fsp3) is 0.524. The number of carbonyl (C=O) groups is 3. The van der Waals surface area contributed by atoms with Crippen molar-refractivity contribution in [3.8, 4) is 5.75 Å². The van der Waals surface area contributed by atoms with Gasteiger partial charge in [-0.3, -0.25) is 14.6 Å². The first kappa shape index (κ1) is 26.7. The van der Waals surface area contributed by atoms with Gasteiger partial charge in [-0.25, -0.2) is 4.79 Å². The zero-order valence-corrected chi connectivity index (χ0v) is 18.5. The van der Waals surface area contributed by atoms with Gasteiger partial charge in [-0.15, -0.1) is 0 Å². The van der Waals surface area contributed by atoms with Crippen molar-refractivity contribution in [1.82, 2.24) is 10.6 Å². The Bertz CT molecular complexity index is 792. The number of amides is 2. The van der Waals surface area contributed by atoms with Crippen LogP contribution in [0.25, 0.3) is 0 Å². The average molecular weight is 451 g/mol. The van der Waals surface area contributed by atoms with E-state index in [2.05, 4.69) is 15.6 Å². The van der Waals surface area contributed by atoms with Crippen molar-refractivity contribution in [1.29, 1.82) is 0 Å². The van der Waals surface area contributed by atoms with Crippen LogP contribution in [0.4, 0.5) is 0 Å². The molecular formula is C21H34N6O5. The Morgan fingerprint density at radius 1 is 1.03 bits per heavy atom. The van der Waals surface area contributed by atoms with Crippen molar-refractivity contribution in [2.75, 3.05) is 6.54 Å². The van der Waals surface area contributed by atoms with Gasteiger partial charge in [0.25, 0.3) is 0 Å². The number of carbonyl (C=O) groups excluding carboxylic acids is 2. The highest BCUT2D eigenvalue weighted by Crippen LogP contribution is 2.12. The van der Waals surface area contributed by atoms with E-state index in [1.54, 1.807) is 12.1 Å². The molecule has 0 saturated heterocycles. The minimum atomic E-state index is -1.15. The van der Waals surface area contributed by atoms with Crippen molar-refractivity contribution in [2.24, 2.45) is 28.1 Å². The predicted molar refractivity (Wildman–Crippen MR) is 121 cm³/mol. The number of carboxylic acid groups (broad SMARTS) is 1. The van der Waals surface area contributed by atoms with Gasteiger partial charge in [0.15, 0.2) is 5.96 Å². The van der Waals surface area contributed by atoms with E-state index >= 15 is 0 Å². The van der Waals surface area contributed by atoms with Crippen LogP contribution in [0.5, 0.6) is 5.75 Å². The smallest absolute Gasteiger partial charge is 0.326 e. The molecule has 1 rings (SSSR count). The number of benzene rings is 1. The Balaban J connectivity index is 2.90. The fourth-order valence-electron chi connectivity index (χ4n) is 2.97. The van der Waals surface area contributed by atoms with Crippen molar-refractivity contribution in [2.45, 2.75) is 57.7 Å². The van der Waals surface area contributed by atoms with Crippen molar-refractivity contribution in [3.05, 3.63) is 29.8 Å². The number of carboxylic acids is 1. The van der Waals surface area contributed by atoms with E-state index in [0.717, 1.165) is 0 Å². The number of aliphatic carboxylic acids is 1. The monoisotopic (exact) mass is 450 g/mol. The molecule has 0 bridgehead atoms. The number of guanidine groups is 1. The Morgan fingerprint density at radius 3 is 2.16 bits per heavy atom. The molecule has 32 heavy (non-hydrogen) atoms. The summed E-state index contributed by atoms with van der Waals surface area (Å²) in [5, 5.41) is 24.0. The van der Waals surface area contributed by atoms with Gasteiger partial charge in [0, 0.05) is 13.0 Å². The van der Waals surface area contributed by atoms with Crippen LogP contribution in [-0.2, 0) is 20.8 Å². The van der Waals surface area contributed by atoms with E-state index in [0.29, 0.717) is 24.9 Å². The van der Waals surface area contributed by atoms with Gasteiger partial charge in [-0.2, -0.15) is 0 Å². The molecule has 1 aromatic carbocycles. The maximum Gasteiger partial charge on any atom is 0.326 e. The number of aromatic hydroxyl groups is 1. The molecule has 178 valence electrons. The highest BCUT2D eigenvalue weighted by Gasteiger charge is 2.28. The van der Waals surface area contributed by atoms with Crippen molar-refractivity contribution >= 4 is 23.7 Å². The number of hydrogen-bond acceptors (Lipinski definition) is 6. The highest BCUT2D eigenvalue weighted by molar-refractivity contribution is 5.92.